The van der Waals surface area contributed by atoms with Gasteiger partial charge < -0.3 is 19.2 Å². The molecule has 12 heteroatoms. The van der Waals surface area contributed by atoms with Crippen molar-refractivity contribution < 1.29 is 31.9 Å². The van der Waals surface area contributed by atoms with Crippen LogP contribution >= 0.6 is 34.8 Å². The van der Waals surface area contributed by atoms with Gasteiger partial charge in [-0.25, -0.2) is 0 Å². The fourth-order valence-electron chi connectivity index (χ4n) is 3.09. The predicted molar refractivity (Wildman–Crippen MR) is 130 cm³/mol. The first-order valence-corrected chi connectivity index (χ1v) is 11.1. The molecular formula is C24H13Cl3F3NO5. The minimum atomic E-state index is -5.06. The molecule has 0 spiro atoms. The van der Waals surface area contributed by atoms with Gasteiger partial charge in [0.1, 0.15) is 17.1 Å². The summed E-state index contributed by atoms with van der Waals surface area (Å²) in [5, 5.41) is 2.90. The van der Waals surface area contributed by atoms with E-state index in [-0.39, 0.29) is 32.6 Å². The van der Waals surface area contributed by atoms with E-state index >= 15 is 0 Å². The number of alkyl halides is 3. The molecule has 0 saturated heterocycles. The van der Waals surface area contributed by atoms with Crippen molar-refractivity contribution in [2.45, 2.75) is 6.18 Å². The smallest absolute Gasteiger partial charge is 0.453 e. The van der Waals surface area contributed by atoms with Crippen molar-refractivity contribution >= 4 is 57.4 Å². The van der Waals surface area contributed by atoms with Crippen LogP contribution in [0.5, 0.6) is 17.2 Å². The van der Waals surface area contributed by atoms with Gasteiger partial charge in [0.2, 0.25) is 11.2 Å². The van der Waals surface area contributed by atoms with Crippen LogP contribution in [0.1, 0.15) is 5.76 Å². The third-order valence-corrected chi connectivity index (χ3v) is 5.58. The van der Waals surface area contributed by atoms with Crippen LogP contribution in [0.2, 0.25) is 15.1 Å². The summed E-state index contributed by atoms with van der Waals surface area (Å²) in [7, 11) is 0. The number of hydrogen-bond acceptors (Lipinski definition) is 5. The summed E-state index contributed by atoms with van der Waals surface area (Å²) >= 11 is 17.8. The van der Waals surface area contributed by atoms with E-state index in [1.165, 1.54) is 42.5 Å². The Kier molecular flexibility index (Phi) is 7.35. The van der Waals surface area contributed by atoms with Gasteiger partial charge in [-0.15, -0.1) is 0 Å². The van der Waals surface area contributed by atoms with Crippen LogP contribution in [-0.4, -0.2) is 12.5 Å². The summed E-state index contributed by atoms with van der Waals surface area (Å²) < 4.78 is 56.8. The van der Waals surface area contributed by atoms with Gasteiger partial charge in [0.15, 0.2) is 6.61 Å². The molecule has 0 aliphatic carbocycles. The minimum absolute atomic E-state index is 0.00575. The van der Waals surface area contributed by atoms with Crippen molar-refractivity contribution in [1.82, 2.24) is 0 Å². The summed E-state index contributed by atoms with van der Waals surface area (Å²) in [6.45, 7) is -0.515. The molecule has 0 radical (unpaired) electrons. The molecule has 1 heterocycles. The number of para-hydroxylation sites is 1. The minimum Gasteiger partial charge on any atom is -0.484 e. The standard InChI is InChI=1S/C24H13Cl3F3NO5/c25-12-5-8-15(26)17(9-12)31-20(32)11-34-13-6-7-14-19(10-13)36-23(24(28,29)30)22(21(14)33)35-18-4-2-1-3-16(18)27/h1-10H,11H2,(H,31,32). The first-order valence-electron chi connectivity index (χ1n) is 10.0. The Morgan fingerprint density at radius 3 is 2.44 bits per heavy atom. The Morgan fingerprint density at radius 2 is 1.72 bits per heavy atom. The van der Waals surface area contributed by atoms with Gasteiger partial charge >= 0.3 is 6.18 Å². The van der Waals surface area contributed by atoms with E-state index in [2.05, 4.69) is 5.32 Å². The highest BCUT2D eigenvalue weighted by Gasteiger charge is 2.40. The average Bonchev–Trinajstić information content (AvgIpc) is 2.82. The Morgan fingerprint density at radius 1 is 0.972 bits per heavy atom. The maximum absolute atomic E-state index is 13.7. The largest absolute Gasteiger partial charge is 0.484 e. The average molecular weight is 559 g/mol. The number of halogens is 6. The van der Waals surface area contributed by atoms with Gasteiger partial charge in [0.05, 0.1) is 21.1 Å². The summed E-state index contributed by atoms with van der Waals surface area (Å²) in [6, 6.07) is 13.8. The third-order valence-electron chi connectivity index (χ3n) is 4.70. The van der Waals surface area contributed by atoms with Gasteiger partial charge in [-0.05, 0) is 42.5 Å². The van der Waals surface area contributed by atoms with Crippen LogP contribution in [0.4, 0.5) is 18.9 Å². The number of amides is 1. The topological polar surface area (TPSA) is 77.8 Å². The van der Waals surface area contributed by atoms with E-state index in [1.807, 2.05) is 0 Å². The molecule has 4 aromatic rings. The lowest BCUT2D eigenvalue weighted by Crippen LogP contribution is -2.20. The summed E-state index contributed by atoms with van der Waals surface area (Å²) in [5.41, 5.74) is -1.24. The number of rotatable bonds is 6. The zero-order chi connectivity index (χ0) is 26.0. The van der Waals surface area contributed by atoms with Crippen molar-refractivity contribution in [3.63, 3.8) is 0 Å². The van der Waals surface area contributed by atoms with Crippen LogP contribution in [0.15, 0.2) is 69.9 Å². The molecule has 186 valence electrons. The molecule has 1 amide bonds. The Labute approximate surface area is 216 Å². The number of anilines is 1. The lowest BCUT2D eigenvalue weighted by molar-refractivity contribution is -0.154. The van der Waals surface area contributed by atoms with Crippen molar-refractivity contribution in [3.05, 3.63) is 91.7 Å². The fourth-order valence-corrected chi connectivity index (χ4v) is 3.60. The maximum Gasteiger partial charge on any atom is 0.453 e. The SMILES string of the molecule is O=C(COc1ccc2c(=O)c(Oc3ccccc3Cl)c(C(F)(F)F)oc2c1)Nc1cc(Cl)ccc1Cl. The molecule has 0 bridgehead atoms. The highest BCUT2D eigenvalue weighted by molar-refractivity contribution is 6.35. The van der Waals surface area contributed by atoms with Crippen molar-refractivity contribution in [2.24, 2.45) is 0 Å². The zero-order valence-corrected chi connectivity index (χ0v) is 20.1. The van der Waals surface area contributed by atoms with Crippen LogP contribution < -0.4 is 20.2 Å². The van der Waals surface area contributed by atoms with E-state index < -0.39 is 41.2 Å². The van der Waals surface area contributed by atoms with E-state index in [0.717, 1.165) is 6.07 Å². The van der Waals surface area contributed by atoms with Crippen LogP contribution in [-0.2, 0) is 11.0 Å². The first-order chi connectivity index (χ1) is 17.0. The van der Waals surface area contributed by atoms with Crippen LogP contribution in [0.25, 0.3) is 11.0 Å². The normalized spacial score (nSPS) is 11.4. The Hall–Kier alpha value is -3.40. The first kappa shape index (κ1) is 25.7. The van der Waals surface area contributed by atoms with E-state index in [4.69, 9.17) is 48.7 Å². The second-order valence-electron chi connectivity index (χ2n) is 7.24. The van der Waals surface area contributed by atoms with Crippen molar-refractivity contribution in [3.8, 4) is 17.2 Å². The quantitative estimate of drug-likeness (QED) is 0.264. The molecule has 0 saturated carbocycles. The van der Waals surface area contributed by atoms with Gasteiger partial charge in [0.25, 0.3) is 11.7 Å². The molecule has 1 N–H and O–H groups in total. The van der Waals surface area contributed by atoms with Gasteiger partial charge in [-0.3, -0.25) is 9.59 Å². The molecule has 0 aliphatic rings. The Bertz CT molecular complexity index is 1520. The molecule has 36 heavy (non-hydrogen) atoms. The molecule has 1 aromatic heterocycles. The lowest BCUT2D eigenvalue weighted by atomic mass is 10.2. The maximum atomic E-state index is 13.7. The monoisotopic (exact) mass is 557 g/mol. The summed E-state index contributed by atoms with van der Waals surface area (Å²) in [4.78, 5) is 25.1. The molecule has 0 fully saturated rings. The molecule has 0 atom stereocenters. The van der Waals surface area contributed by atoms with E-state index in [9.17, 15) is 22.8 Å². The second-order valence-corrected chi connectivity index (χ2v) is 8.49. The molecule has 3 aromatic carbocycles. The van der Waals surface area contributed by atoms with E-state index in [1.54, 1.807) is 12.1 Å². The molecule has 0 aliphatic heterocycles. The highest BCUT2D eigenvalue weighted by Crippen LogP contribution is 2.39. The van der Waals surface area contributed by atoms with Crippen molar-refractivity contribution in [1.29, 1.82) is 0 Å². The second kappa shape index (κ2) is 10.3. The van der Waals surface area contributed by atoms with Crippen molar-refractivity contribution in [2.75, 3.05) is 11.9 Å². The third kappa shape index (κ3) is 5.70. The van der Waals surface area contributed by atoms with Crippen LogP contribution in [0, 0.1) is 0 Å². The molecule has 0 unspecified atom stereocenters. The number of nitrogens with one attached hydrogen (secondary N) is 1. The number of carbonyl (C=O) groups is 1. The summed E-state index contributed by atoms with van der Waals surface area (Å²) in [6.07, 6.45) is -5.06. The van der Waals surface area contributed by atoms with Gasteiger partial charge in [0, 0.05) is 11.1 Å². The lowest BCUT2D eigenvalue weighted by Gasteiger charge is -2.14. The fraction of sp³-hybridized carbons (Fsp3) is 0.0833. The number of carbonyl (C=O) groups excluding carboxylic acids is 1. The predicted octanol–water partition coefficient (Wildman–Crippen LogP) is 7.58. The van der Waals surface area contributed by atoms with Crippen LogP contribution in [0.3, 0.4) is 0 Å². The number of fused-ring (bicyclic) bond motifs is 1. The molecular weight excluding hydrogens is 546 g/mol. The highest BCUT2D eigenvalue weighted by atomic mass is 35.5. The van der Waals surface area contributed by atoms with Gasteiger partial charge in [-0.1, -0.05) is 46.9 Å². The summed E-state index contributed by atoms with van der Waals surface area (Å²) in [5.74, 6) is -3.49. The zero-order valence-electron chi connectivity index (χ0n) is 17.8. The Balaban J connectivity index is 1.61. The number of ether oxygens (including phenoxy) is 2. The number of hydrogen-bond donors (Lipinski definition) is 1. The molecule has 6 nitrogen and oxygen atoms in total. The van der Waals surface area contributed by atoms with Gasteiger partial charge in [-0.2, -0.15) is 13.2 Å². The number of benzene rings is 3. The molecule has 4 rings (SSSR count). The van der Waals surface area contributed by atoms with E-state index in [0.29, 0.717) is 5.02 Å².